The fourth-order valence-electron chi connectivity index (χ4n) is 1.45. The average molecular weight is 256 g/mol. The average Bonchev–Trinajstić information content (AvgIpc) is 2.78. The molecule has 1 N–H and O–H groups in total. The van der Waals surface area contributed by atoms with E-state index in [0.29, 0.717) is 5.69 Å². The van der Waals surface area contributed by atoms with Crippen LogP contribution in [0.2, 0.25) is 5.02 Å². The first-order valence-electron chi connectivity index (χ1n) is 4.91. The topological polar surface area (TPSA) is 12.0 Å². The lowest BCUT2D eigenvalue weighted by molar-refractivity contribution is 0.628. The quantitative estimate of drug-likeness (QED) is 0.837. The normalized spacial score (nSPS) is 12.4. The van der Waals surface area contributed by atoms with Gasteiger partial charge in [0.1, 0.15) is 0 Å². The Labute approximate surface area is 103 Å². The second-order valence-corrected chi connectivity index (χ2v) is 4.71. The van der Waals surface area contributed by atoms with E-state index in [0.717, 1.165) is 5.56 Å². The molecule has 0 aliphatic rings. The molecular weight excluding hydrogens is 245 g/mol. The molecule has 1 aromatic heterocycles. The molecule has 0 bridgehead atoms. The highest BCUT2D eigenvalue weighted by Crippen LogP contribution is 2.26. The Balaban J connectivity index is 2.18. The second kappa shape index (κ2) is 4.85. The summed E-state index contributed by atoms with van der Waals surface area (Å²) in [6.45, 7) is 1.99. The summed E-state index contributed by atoms with van der Waals surface area (Å²) in [6.07, 6.45) is 0. The number of hydrogen-bond donors (Lipinski definition) is 1. The summed E-state index contributed by atoms with van der Waals surface area (Å²) in [6, 6.07) is 7.04. The zero-order valence-corrected chi connectivity index (χ0v) is 10.3. The van der Waals surface area contributed by atoms with Gasteiger partial charge in [-0.1, -0.05) is 17.7 Å². The van der Waals surface area contributed by atoms with Gasteiger partial charge in [-0.15, -0.1) is 0 Å². The van der Waals surface area contributed by atoms with Crippen LogP contribution in [0.25, 0.3) is 0 Å². The molecule has 0 spiro atoms. The summed E-state index contributed by atoms with van der Waals surface area (Å²) >= 11 is 7.34. The van der Waals surface area contributed by atoms with Crippen molar-refractivity contribution < 1.29 is 4.39 Å². The van der Waals surface area contributed by atoms with Gasteiger partial charge in [0.25, 0.3) is 0 Å². The Bertz CT molecular complexity index is 470. The highest BCUT2D eigenvalue weighted by Gasteiger charge is 2.10. The van der Waals surface area contributed by atoms with E-state index in [1.165, 1.54) is 6.07 Å². The molecule has 2 rings (SSSR count). The van der Waals surface area contributed by atoms with Crippen LogP contribution in [0.15, 0.2) is 35.0 Å². The van der Waals surface area contributed by atoms with Crippen LogP contribution in [-0.4, -0.2) is 0 Å². The van der Waals surface area contributed by atoms with Crippen molar-refractivity contribution in [1.82, 2.24) is 0 Å². The number of hydrogen-bond acceptors (Lipinski definition) is 2. The van der Waals surface area contributed by atoms with Crippen molar-refractivity contribution in [2.75, 3.05) is 5.32 Å². The van der Waals surface area contributed by atoms with Crippen molar-refractivity contribution in [3.63, 3.8) is 0 Å². The van der Waals surface area contributed by atoms with Gasteiger partial charge in [0.05, 0.1) is 10.7 Å². The van der Waals surface area contributed by atoms with Crippen molar-refractivity contribution in [1.29, 1.82) is 0 Å². The van der Waals surface area contributed by atoms with E-state index < -0.39 is 5.82 Å². The van der Waals surface area contributed by atoms with Gasteiger partial charge in [0.2, 0.25) is 0 Å². The number of thiophene rings is 1. The minimum Gasteiger partial charge on any atom is -0.376 e. The number of nitrogens with one attached hydrogen (secondary N) is 1. The van der Waals surface area contributed by atoms with E-state index in [2.05, 4.69) is 5.32 Å². The minimum absolute atomic E-state index is 0.0687. The van der Waals surface area contributed by atoms with E-state index in [9.17, 15) is 4.39 Å². The van der Waals surface area contributed by atoms with Crippen LogP contribution in [0.4, 0.5) is 10.1 Å². The summed E-state index contributed by atoms with van der Waals surface area (Å²) in [7, 11) is 0. The highest BCUT2D eigenvalue weighted by molar-refractivity contribution is 7.07. The Morgan fingerprint density at radius 1 is 1.38 bits per heavy atom. The number of anilines is 1. The van der Waals surface area contributed by atoms with Crippen molar-refractivity contribution >= 4 is 28.6 Å². The van der Waals surface area contributed by atoms with Crippen LogP contribution in [-0.2, 0) is 0 Å². The molecule has 0 saturated heterocycles. The van der Waals surface area contributed by atoms with Gasteiger partial charge in [0, 0.05) is 6.04 Å². The van der Waals surface area contributed by atoms with Gasteiger partial charge < -0.3 is 5.32 Å². The third-order valence-corrected chi connectivity index (χ3v) is 3.36. The van der Waals surface area contributed by atoms with Gasteiger partial charge in [-0.05, 0) is 41.4 Å². The van der Waals surface area contributed by atoms with Crippen molar-refractivity contribution in [2.45, 2.75) is 13.0 Å². The zero-order valence-electron chi connectivity index (χ0n) is 8.71. The van der Waals surface area contributed by atoms with E-state index in [1.54, 1.807) is 23.5 Å². The van der Waals surface area contributed by atoms with E-state index in [4.69, 9.17) is 11.6 Å². The van der Waals surface area contributed by atoms with Gasteiger partial charge in [0.15, 0.2) is 5.82 Å². The monoisotopic (exact) mass is 255 g/mol. The SMILES string of the molecule is CC(Nc1cccc(Cl)c1F)c1ccsc1. The van der Waals surface area contributed by atoms with Crippen molar-refractivity contribution in [3.8, 4) is 0 Å². The fourth-order valence-corrected chi connectivity index (χ4v) is 2.38. The molecule has 2 aromatic rings. The first kappa shape index (κ1) is 11.4. The molecule has 1 aromatic carbocycles. The largest absolute Gasteiger partial charge is 0.376 e. The lowest BCUT2D eigenvalue weighted by Crippen LogP contribution is -2.07. The van der Waals surface area contributed by atoms with E-state index in [1.807, 2.05) is 23.8 Å². The first-order chi connectivity index (χ1) is 7.68. The van der Waals surface area contributed by atoms with Gasteiger partial charge >= 0.3 is 0 Å². The molecule has 0 aliphatic carbocycles. The van der Waals surface area contributed by atoms with Crippen LogP contribution in [0.1, 0.15) is 18.5 Å². The molecule has 0 fully saturated rings. The maximum atomic E-state index is 13.6. The molecule has 1 heterocycles. The molecule has 1 nitrogen and oxygen atoms in total. The number of benzene rings is 1. The van der Waals surface area contributed by atoms with Crippen molar-refractivity contribution in [3.05, 3.63) is 51.4 Å². The van der Waals surface area contributed by atoms with Crippen molar-refractivity contribution in [2.24, 2.45) is 0 Å². The molecule has 0 saturated carbocycles. The predicted molar refractivity (Wildman–Crippen MR) is 67.8 cm³/mol. The lowest BCUT2D eigenvalue weighted by Gasteiger charge is -2.15. The maximum absolute atomic E-state index is 13.6. The van der Waals surface area contributed by atoms with Crippen LogP contribution < -0.4 is 5.32 Å². The predicted octanol–water partition coefficient (Wildman–Crippen LogP) is 4.71. The summed E-state index contributed by atoms with van der Waals surface area (Å²) in [5, 5.41) is 7.29. The van der Waals surface area contributed by atoms with E-state index >= 15 is 0 Å². The molecule has 0 radical (unpaired) electrons. The molecule has 0 amide bonds. The minimum atomic E-state index is -0.397. The third-order valence-electron chi connectivity index (χ3n) is 2.37. The fraction of sp³-hybridized carbons (Fsp3) is 0.167. The van der Waals surface area contributed by atoms with Gasteiger partial charge in [-0.3, -0.25) is 0 Å². The summed E-state index contributed by atoms with van der Waals surface area (Å²) in [5.41, 5.74) is 1.58. The summed E-state index contributed by atoms with van der Waals surface area (Å²) < 4.78 is 13.6. The van der Waals surface area contributed by atoms with Gasteiger partial charge in [-0.2, -0.15) is 11.3 Å². The highest BCUT2D eigenvalue weighted by atomic mass is 35.5. The Morgan fingerprint density at radius 2 is 2.19 bits per heavy atom. The molecule has 1 unspecified atom stereocenters. The van der Waals surface area contributed by atoms with E-state index in [-0.39, 0.29) is 11.1 Å². The maximum Gasteiger partial charge on any atom is 0.164 e. The Morgan fingerprint density at radius 3 is 2.88 bits per heavy atom. The molecule has 0 aliphatic heterocycles. The number of rotatable bonds is 3. The van der Waals surface area contributed by atoms with Gasteiger partial charge in [-0.25, -0.2) is 4.39 Å². The molecule has 16 heavy (non-hydrogen) atoms. The second-order valence-electron chi connectivity index (χ2n) is 3.52. The standard InChI is InChI=1S/C12H11ClFNS/c1-8(9-5-6-16-7-9)15-11-4-2-3-10(13)12(11)14/h2-8,15H,1H3. The number of halogens is 2. The summed E-state index contributed by atoms with van der Waals surface area (Å²) in [4.78, 5) is 0. The van der Waals surface area contributed by atoms with Crippen LogP contribution in [0.5, 0.6) is 0 Å². The molecule has 1 atom stereocenters. The molecule has 4 heteroatoms. The van der Waals surface area contributed by atoms with Crippen LogP contribution >= 0.6 is 22.9 Å². The Hall–Kier alpha value is -1.06. The zero-order chi connectivity index (χ0) is 11.5. The van der Waals surface area contributed by atoms with Crippen LogP contribution in [0, 0.1) is 5.82 Å². The first-order valence-corrected chi connectivity index (χ1v) is 6.23. The third kappa shape index (κ3) is 2.36. The Kier molecular flexibility index (Phi) is 3.46. The van der Waals surface area contributed by atoms with Crippen LogP contribution in [0.3, 0.4) is 0 Å². The smallest absolute Gasteiger partial charge is 0.164 e. The molecule has 84 valence electrons. The lowest BCUT2D eigenvalue weighted by atomic mass is 10.1. The summed E-state index contributed by atoms with van der Waals surface area (Å²) in [5.74, 6) is -0.397. The molecular formula is C12H11ClFNS.